The fourth-order valence-electron chi connectivity index (χ4n) is 2.80. The van der Waals surface area contributed by atoms with Gasteiger partial charge in [-0.25, -0.2) is 0 Å². The summed E-state index contributed by atoms with van der Waals surface area (Å²) < 4.78 is 1.84. The third-order valence-electron chi connectivity index (χ3n) is 4.04. The summed E-state index contributed by atoms with van der Waals surface area (Å²) in [6.45, 7) is 3.81. The van der Waals surface area contributed by atoms with Gasteiger partial charge in [0.1, 0.15) is 4.83 Å². The van der Waals surface area contributed by atoms with Crippen molar-refractivity contribution in [3.63, 3.8) is 0 Å². The van der Waals surface area contributed by atoms with Gasteiger partial charge in [-0.1, -0.05) is 30.3 Å². The first-order chi connectivity index (χ1) is 11.6. The highest BCUT2D eigenvalue weighted by Gasteiger charge is 2.20. The summed E-state index contributed by atoms with van der Waals surface area (Å²) in [5, 5.41) is 5.46. The van der Waals surface area contributed by atoms with E-state index in [0.717, 1.165) is 32.8 Å². The lowest BCUT2D eigenvalue weighted by atomic mass is 10.2. The second kappa shape index (κ2) is 7.15. The van der Waals surface area contributed by atoms with Crippen LogP contribution in [-0.2, 0) is 13.6 Å². The number of benzene rings is 1. The third-order valence-corrected chi connectivity index (χ3v) is 5.23. The highest BCUT2D eigenvalue weighted by molar-refractivity contribution is 7.20. The van der Waals surface area contributed by atoms with E-state index >= 15 is 0 Å². The fourth-order valence-corrected chi connectivity index (χ4v) is 3.90. The molecule has 3 aromatic rings. The predicted octanol–water partition coefficient (Wildman–Crippen LogP) is 2.93. The van der Waals surface area contributed by atoms with Crippen LogP contribution in [0.2, 0.25) is 0 Å². The maximum Gasteiger partial charge on any atom is 0.264 e. The molecular weight excluding hydrogens is 320 g/mol. The first-order valence-electron chi connectivity index (χ1n) is 8.06. The fraction of sp³-hybridized carbons (Fsp3) is 0.333. The summed E-state index contributed by atoms with van der Waals surface area (Å²) in [5.74, 6) is 0.0629. The lowest BCUT2D eigenvalue weighted by Crippen LogP contribution is -2.32. The van der Waals surface area contributed by atoms with Crippen molar-refractivity contribution < 1.29 is 4.79 Å². The van der Waals surface area contributed by atoms with Crippen LogP contribution in [0.5, 0.6) is 0 Å². The molecule has 1 amide bonds. The molecule has 0 aliphatic carbocycles. The summed E-state index contributed by atoms with van der Waals surface area (Å²) in [4.78, 5) is 16.7. The number of thiophene rings is 1. The zero-order valence-corrected chi connectivity index (χ0v) is 14.8. The molecule has 0 aliphatic rings. The number of carbonyl (C=O) groups is 1. The Hall–Kier alpha value is -2.18. The van der Waals surface area contributed by atoms with Crippen molar-refractivity contribution in [1.29, 1.82) is 0 Å². The summed E-state index contributed by atoms with van der Waals surface area (Å²) >= 11 is 1.50. The van der Waals surface area contributed by atoms with Crippen molar-refractivity contribution in [3.8, 4) is 0 Å². The van der Waals surface area contributed by atoms with E-state index in [1.165, 1.54) is 11.3 Å². The van der Waals surface area contributed by atoms with Crippen LogP contribution in [0.25, 0.3) is 10.2 Å². The van der Waals surface area contributed by atoms with Crippen molar-refractivity contribution in [2.24, 2.45) is 12.8 Å². The van der Waals surface area contributed by atoms with Crippen molar-refractivity contribution >= 4 is 27.5 Å². The molecule has 0 saturated heterocycles. The Kier molecular flexibility index (Phi) is 4.97. The van der Waals surface area contributed by atoms with Crippen LogP contribution < -0.4 is 5.73 Å². The molecule has 0 saturated carbocycles. The highest BCUT2D eigenvalue weighted by atomic mass is 32.1. The van der Waals surface area contributed by atoms with E-state index < -0.39 is 0 Å². The van der Waals surface area contributed by atoms with Gasteiger partial charge < -0.3 is 10.6 Å². The molecule has 5 nitrogen and oxygen atoms in total. The number of hydrogen-bond donors (Lipinski definition) is 1. The first kappa shape index (κ1) is 16.7. The van der Waals surface area contributed by atoms with Gasteiger partial charge in [0.25, 0.3) is 5.91 Å². The van der Waals surface area contributed by atoms with Gasteiger partial charge in [0.15, 0.2) is 0 Å². The molecule has 0 spiro atoms. The van der Waals surface area contributed by atoms with Gasteiger partial charge in [-0.15, -0.1) is 11.3 Å². The van der Waals surface area contributed by atoms with Crippen LogP contribution in [0.3, 0.4) is 0 Å². The summed E-state index contributed by atoms with van der Waals surface area (Å²) in [6.07, 6.45) is 0.796. The zero-order valence-electron chi connectivity index (χ0n) is 14.0. The van der Waals surface area contributed by atoms with Crippen molar-refractivity contribution in [2.75, 3.05) is 13.1 Å². The van der Waals surface area contributed by atoms with Crippen LogP contribution in [-0.4, -0.2) is 33.7 Å². The van der Waals surface area contributed by atoms with Gasteiger partial charge in [0.05, 0.1) is 10.6 Å². The topological polar surface area (TPSA) is 64.2 Å². The number of nitrogens with two attached hydrogens (primary N) is 1. The Labute approximate surface area is 145 Å². The van der Waals surface area contributed by atoms with Crippen LogP contribution in [0, 0.1) is 6.92 Å². The number of amides is 1. The standard InChI is InChI=1S/C18H22N4OS/c1-13-15-11-16(24-18(15)21(2)20-13)17(23)22(10-6-9-19)12-14-7-4-3-5-8-14/h3-5,7-8,11H,6,9-10,12,19H2,1-2H3. The quantitative estimate of drug-likeness (QED) is 0.749. The van der Waals surface area contributed by atoms with Gasteiger partial charge in [-0.2, -0.15) is 5.10 Å². The summed E-state index contributed by atoms with van der Waals surface area (Å²) in [5.41, 5.74) is 7.73. The maximum absolute atomic E-state index is 13.0. The van der Waals surface area contributed by atoms with Crippen LogP contribution in [0.1, 0.15) is 27.3 Å². The Bertz CT molecular complexity index is 803. The molecule has 0 aliphatic heterocycles. The van der Waals surface area contributed by atoms with Gasteiger partial charge in [0, 0.05) is 25.5 Å². The van der Waals surface area contributed by atoms with Crippen LogP contribution in [0.15, 0.2) is 36.4 Å². The molecule has 2 N–H and O–H groups in total. The number of aryl methyl sites for hydroxylation is 2. The molecule has 0 unspecified atom stereocenters. The number of fused-ring (bicyclic) bond motifs is 1. The Morgan fingerprint density at radius 2 is 2.08 bits per heavy atom. The number of aromatic nitrogens is 2. The minimum absolute atomic E-state index is 0.0629. The maximum atomic E-state index is 13.0. The summed E-state index contributed by atoms with van der Waals surface area (Å²) in [7, 11) is 1.91. The van der Waals surface area contributed by atoms with Gasteiger partial charge in [0.2, 0.25) is 0 Å². The molecular formula is C18H22N4OS. The minimum atomic E-state index is 0.0629. The molecule has 6 heteroatoms. The molecule has 126 valence electrons. The Balaban J connectivity index is 1.87. The van der Waals surface area contributed by atoms with E-state index in [2.05, 4.69) is 5.10 Å². The van der Waals surface area contributed by atoms with E-state index in [-0.39, 0.29) is 5.91 Å². The van der Waals surface area contributed by atoms with Gasteiger partial charge in [-0.3, -0.25) is 9.48 Å². The molecule has 3 rings (SSSR count). The van der Waals surface area contributed by atoms with Crippen molar-refractivity contribution in [3.05, 3.63) is 52.5 Å². The zero-order chi connectivity index (χ0) is 17.1. The Morgan fingerprint density at radius 3 is 2.75 bits per heavy atom. The number of nitrogens with zero attached hydrogens (tertiary/aromatic N) is 3. The molecule has 0 fully saturated rings. The molecule has 0 radical (unpaired) electrons. The van der Waals surface area contributed by atoms with Crippen LogP contribution >= 0.6 is 11.3 Å². The molecule has 0 atom stereocenters. The molecule has 2 heterocycles. The predicted molar refractivity (Wildman–Crippen MR) is 98.2 cm³/mol. The molecule has 1 aromatic carbocycles. The number of rotatable bonds is 6. The molecule has 2 aromatic heterocycles. The average Bonchev–Trinajstić information content (AvgIpc) is 3.14. The van der Waals surface area contributed by atoms with E-state index in [9.17, 15) is 4.79 Å². The lowest BCUT2D eigenvalue weighted by Gasteiger charge is -2.22. The average molecular weight is 342 g/mol. The van der Waals surface area contributed by atoms with E-state index in [1.807, 2.05) is 60.0 Å². The second-order valence-corrected chi connectivity index (χ2v) is 6.92. The number of hydrogen-bond acceptors (Lipinski definition) is 4. The van der Waals surface area contributed by atoms with E-state index in [0.29, 0.717) is 19.6 Å². The summed E-state index contributed by atoms with van der Waals surface area (Å²) in [6, 6.07) is 12.0. The SMILES string of the molecule is Cc1nn(C)c2sc(C(=O)N(CCCN)Cc3ccccc3)cc12. The Morgan fingerprint density at radius 1 is 1.33 bits per heavy atom. The largest absolute Gasteiger partial charge is 0.334 e. The van der Waals surface area contributed by atoms with Crippen molar-refractivity contribution in [2.45, 2.75) is 19.9 Å². The highest BCUT2D eigenvalue weighted by Crippen LogP contribution is 2.28. The number of carbonyl (C=O) groups excluding carboxylic acids is 1. The molecule has 24 heavy (non-hydrogen) atoms. The smallest absolute Gasteiger partial charge is 0.264 e. The minimum Gasteiger partial charge on any atom is -0.334 e. The van der Waals surface area contributed by atoms with E-state index in [1.54, 1.807) is 0 Å². The van der Waals surface area contributed by atoms with Gasteiger partial charge in [-0.05, 0) is 31.5 Å². The normalized spacial score (nSPS) is 11.1. The van der Waals surface area contributed by atoms with Crippen LogP contribution in [0.4, 0.5) is 0 Å². The van der Waals surface area contributed by atoms with Crippen molar-refractivity contribution in [1.82, 2.24) is 14.7 Å². The van der Waals surface area contributed by atoms with Gasteiger partial charge >= 0.3 is 0 Å². The lowest BCUT2D eigenvalue weighted by molar-refractivity contribution is 0.0747. The second-order valence-electron chi connectivity index (χ2n) is 5.89. The monoisotopic (exact) mass is 342 g/mol. The first-order valence-corrected chi connectivity index (χ1v) is 8.88. The third kappa shape index (κ3) is 3.34. The van der Waals surface area contributed by atoms with E-state index in [4.69, 9.17) is 5.73 Å². The molecule has 0 bridgehead atoms.